The molecule has 8 heteroatoms. The van der Waals surface area contributed by atoms with Crippen molar-refractivity contribution in [1.82, 2.24) is 19.3 Å². The van der Waals surface area contributed by atoms with E-state index in [9.17, 15) is 14.7 Å². The molecule has 29 heavy (non-hydrogen) atoms. The number of carbonyl (C=O) groups excluding carboxylic acids is 1. The largest absolute Gasteiger partial charge is 0.550 e. The van der Waals surface area contributed by atoms with Crippen LogP contribution in [0.5, 0.6) is 0 Å². The molecule has 0 fully saturated rings. The molecule has 0 saturated heterocycles. The first-order valence-electron chi connectivity index (χ1n) is 9.00. The number of thioether (sulfide) groups is 1. The number of carboxylic acid groups (broad SMARTS) is 1. The fourth-order valence-electron chi connectivity index (χ4n) is 2.95. The van der Waals surface area contributed by atoms with Gasteiger partial charge in [-0.2, -0.15) is 5.10 Å². The highest BCUT2D eigenvalue weighted by Gasteiger charge is 2.17. The third-order valence-corrected chi connectivity index (χ3v) is 5.34. The number of nitrogens with zero attached hydrogens (tertiary/aromatic N) is 4. The lowest BCUT2D eigenvalue weighted by Gasteiger charge is -2.13. The Balaban J connectivity index is 1.91. The quantitative estimate of drug-likeness (QED) is 0.360. The molecule has 0 unspecified atom stereocenters. The van der Waals surface area contributed by atoms with Crippen LogP contribution in [0.1, 0.15) is 12.0 Å². The molecule has 2 aromatic carbocycles. The van der Waals surface area contributed by atoms with Crippen molar-refractivity contribution in [3.8, 4) is 11.4 Å². The number of hydrogen-bond donors (Lipinski definition) is 0. The van der Waals surface area contributed by atoms with Gasteiger partial charge in [0, 0.05) is 11.7 Å². The molecule has 0 saturated carbocycles. The molecule has 4 aromatic rings. The normalized spacial score (nSPS) is 11.1. The maximum Gasteiger partial charge on any atom is 0.269 e. The van der Waals surface area contributed by atoms with Crippen molar-refractivity contribution >= 4 is 28.8 Å². The minimum atomic E-state index is -1.14. The van der Waals surface area contributed by atoms with Crippen LogP contribution in [0.25, 0.3) is 22.4 Å². The second-order valence-electron chi connectivity index (χ2n) is 6.47. The molecular formula is C21H17N4O3S-. The topological polar surface area (TPSA) is 92.8 Å². The van der Waals surface area contributed by atoms with Crippen molar-refractivity contribution in [2.45, 2.75) is 18.5 Å². The van der Waals surface area contributed by atoms with Crippen LogP contribution < -0.4 is 10.7 Å². The van der Waals surface area contributed by atoms with E-state index < -0.39 is 5.97 Å². The van der Waals surface area contributed by atoms with Gasteiger partial charge in [0.15, 0.2) is 10.8 Å². The molecule has 146 valence electrons. The molecule has 0 atom stereocenters. The zero-order valence-electron chi connectivity index (χ0n) is 15.6. The van der Waals surface area contributed by atoms with Crippen molar-refractivity contribution in [2.75, 3.05) is 5.75 Å². The first-order valence-corrected chi connectivity index (χ1v) is 9.99. The van der Waals surface area contributed by atoms with Gasteiger partial charge in [0.05, 0.1) is 17.6 Å². The molecule has 0 spiro atoms. The second-order valence-corrected chi connectivity index (χ2v) is 7.53. The van der Waals surface area contributed by atoms with E-state index in [-0.39, 0.29) is 17.7 Å². The summed E-state index contributed by atoms with van der Waals surface area (Å²) in [5.41, 5.74) is 2.70. The molecule has 7 nitrogen and oxygen atoms in total. The molecule has 2 heterocycles. The van der Waals surface area contributed by atoms with Gasteiger partial charge >= 0.3 is 0 Å². The molecular weight excluding hydrogens is 388 g/mol. The van der Waals surface area contributed by atoms with Crippen LogP contribution in [0.15, 0.2) is 70.7 Å². The summed E-state index contributed by atoms with van der Waals surface area (Å²) in [6.07, 6.45) is 1.38. The van der Waals surface area contributed by atoms with Crippen LogP contribution in [0, 0.1) is 6.92 Å². The number of aryl methyl sites for hydroxylation is 1. The molecule has 0 aliphatic rings. The number of carboxylic acids is 1. The first-order chi connectivity index (χ1) is 14.0. The summed E-state index contributed by atoms with van der Waals surface area (Å²) in [7, 11) is 0. The summed E-state index contributed by atoms with van der Waals surface area (Å²) in [6, 6.07) is 16.9. The van der Waals surface area contributed by atoms with E-state index in [1.807, 2.05) is 61.5 Å². The minimum Gasteiger partial charge on any atom is -0.550 e. The van der Waals surface area contributed by atoms with Gasteiger partial charge < -0.3 is 9.90 Å². The van der Waals surface area contributed by atoms with Gasteiger partial charge in [0.25, 0.3) is 5.56 Å². The van der Waals surface area contributed by atoms with Crippen LogP contribution in [-0.4, -0.2) is 31.1 Å². The average molecular weight is 405 g/mol. The number of fused-ring (bicyclic) bond motifs is 1. The van der Waals surface area contributed by atoms with Crippen molar-refractivity contribution in [3.63, 3.8) is 0 Å². The molecule has 0 radical (unpaired) electrons. The monoisotopic (exact) mass is 405 g/mol. The van der Waals surface area contributed by atoms with Crippen LogP contribution in [0.4, 0.5) is 0 Å². The Bertz CT molecular complexity index is 1230. The fourth-order valence-corrected chi connectivity index (χ4v) is 3.87. The van der Waals surface area contributed by atoms with Crippen molar-refractivity contribution in [2.24, 2.45) is 0 Å². The molecule has 0 aliphatic carbocycles. The maximum atomic E-state index is 13.3. The number of aromatic nitrogens is 4. The van der Waals surface area contributed by atoms with Crippen molar-refractivity contribution < 1.29 is 9.90 Å². The Morgan fingerprint density at radius 3 is 2.48 bits per heavy atom. The van der Waals surface area contributed by atoms with Gasteiger partial charge in [0.2, 0.25) is 0 Å². The lowest BCUT2D eigenvalue weighted by molar-refractivity contribution is -0.305. The molecule has 0 bridgehead atoms. The van der Waals surface area contributed by atoms with Crippen LogP contribution in [-0.2, 0) is 4.79 Å². The summed E-state index contributed by atoms with van der Waals surface area (Å²) in [6.45, 7) is 1.97. The van der Waals surface area contributed by atoms with Gasteiger partial charge in [-0.05, 0) is 37.6 Å². The van der Waals surface area contributed by atoms with Gasteiger partial charge in [-0.1, -0.05) is 47.7 Å². The SMILES string of the molecule is Cc1ccc(-n2c(SCCC(=O)[O-])nc3c(cnn3-c3ccccc3)c2=O)cc1. The number of aliphatic carboxylic acids is 1. The van der Waals surface area contributed by atoms with E-state index in [4.69, 9.17) is 0 Å². The lowest BCUT2D eigenvalue weighted by atomic mass is 10.2. The highest BCUT2D eigenvalue weighted by Crippen LogP contribution is 2.23. The summed E-state index contributed by atoms with van der Waals surface area (Å²) >= 11 is 1.20. The third-order valence-electron chi connectivity index (χ3n) is 4.40. The van der Waals surface area contributed by atoms with E-state index in [1.165, 1.54) is 22.5 Å². The molecule has 4 rings (SSSR count). The summed E-state index contributed by atoms with van der Waals surface area (Å²) in [5, 5.41) is 16.0. The van der Waals surface area contributed by atoms with Crippen molar-refractivity contribution in [1.29, 1.82) is 0 Å². The zero-order valence-corrected chi connectivity index (χ0v) is 16.4. The predicted molar refractivity (Wildman–Crippen MR) is 110 cm³/mol. The average Bonchev–Trinajstić information content (AvgIpc) is 3.14. The Labute approximate surface area is 170 Å². The van der Waals surface area contributed by atoms with E-state index >= 15 is 0 Å². The predicted octanol–water partition coefficient (Wildman–Crippen LogP) is 2.11. The van der Waals surface area contributed by atoms with Gasteiger partial charge in [0.1, 0.15) is 5.39 Å². The number of benzene rings is 2. The van der Waals surface area contributed by atoms with Crippen LogP contribution in [0.3, 0.4) is 0 Å². The lowest BCUT2D eigenvalue weighted by Crippen LogP contribution is -2.24. The van der Waals surface area contributed by atoms with E-state index in [1.54, 1.807) is 4.68 Å². The Hall–Kier alpha value is -3.39. The van der Waals surface area contributed by atoms with E-state index in [2.05, 4.69) is 10.1 Å². The fraction of sp³-hybridized carbons (Fsp3) is 0.143. The number of rotatable bonds is 6. The van der Waals surface area contributed by atoms with Crippen LogP contribution >= 0.6 is 11.8 Å². The zero-order chi connectivity index (χ0) is 20.4. The summed E-state index contributed by atoms with van der Waals surface area (Å²) in [4.78, 5) is 28.8. The van der Waals surface area contributed by atoms with Gasteiger partial charge in [-0.15, -0.1) is 0 Å². The first kappa shape index (κ1) is 18.9. The van der Waals surface area contributed by atoms with Gasteiger partial charge in [-0.25, -0.2) is 9.67 Å². The number of hydrogen-bond acceptors (Lipinski definition) is 6. The number of para-hydroxylation sites is 1. The van der Waals surface area contributed by atoms with E-state index in [0.29, 0.717) is 21.9 Å². The molecule has 0 N–H and O–H groups in total. The highest BCUT2D eigenvalue weighted by atomic mass is 32.2. The Morgan fingerprint density at radius 2 is 1.79 bits per heavy atom. The minimum absolute atomic E-state index is 0.135. The standard InChI is InChI=1S/C21H18N4O3S/c1-14-7-9-15(10-8-14)24-20(28)17-13-22-25(16-5-3-2-4-6-16)19(17)23-21(24)29-12-11-18(26)27/h2-10,13H,11-12H2,1H3,(H,26,27)/p-1. The Kier molecular flexibility index (Phi) is 5.18. The molecule has 0 aliphatic heterocycles. The van der Waals surface area contributed by atoms with Crippen LogP contribution in [0.2, 0.25) is 0 Å². The van der Waals surface area contributed by atoms with E-state index in [0.717, 1.165) is 11.3 Å². The summed E-state index contributed by atoms with van der Waals surface area (Å²) in [5.74, 6) is -0.900. The summed E-state index contributed by atoms with van der Waals surface area (Å²) < 4.78 is 3.11. The molecule has 0 amide bonds. The smallest absolute Gasteiger partial charge is 0.269 e. The highest BCUT2D eigenvalue weighted by molar-refractivity contribution is 7.99. The molecule has 2 aromatic heterocycles. The third kappa shape index (κ3) is 3.79. The van der Waals surface area contributed by atoms with Gasteiger partial charge in [-0.3, -0.25) is 9.36 Å². The maximum absolute atomic E-state index is 13.3. The Morgan fingerprint density at radius 1 is 1.07 bits per heavy atom. The second kappa shape index (κ2) is 7.92. The van der Waals surface area contributed by atoms with Crippen molar-refractivity contribution in [3.05, 3.63) is 76.7 Å². The number of carbonyl (C=O) groups is 1.